The van der Waals surface area contributed by atoms with Crippen LogP contribution in [0.3, 0.4) is 0 Å². The van der Waals surface area contributed by atoms with Crippen LogP contribution in [0, 0.1) is 0 Å². The van der Waals surface area contributed by atoms with Gasteiger partial charge < -0.3 is 20.6 Å². The molecule has 5 heteroatoms. The van der Waals surface area contributed by atoms with E-state index in [1.165, 1.54) is 167 Å². The molecular formula is C41H81NO4. The van der Waals surface area contributed by atoms with Gasteiger partial charge in [-0.3, -0.25) is 4.79 Å². The average molecular weight is 652 g/mol. The zero-order chi connectivity index (χ0) is 33.8. The van der Waals surface area contributed by atoms with Gasteiger partial charge in [0.1, 0.15) is 6.10 Å². The Hall–Kier alpha value is -0.910. The van der Waals surface area contributed by atoms with Gasteiger partial charge in [0.15, 0.2) is 0 Å². The lowest BCUT2D eigenvalue weighted by molar-refractivity contribution is -0.131. The molecule has 0 saturated heterocycles. The van der Waals surface area contributed by atoms with Gasteiger partial charge in [-0.05, 0) is 19.3 Å². The second kappa shape index (κ2) is 36.9. The molecule has 0 radical (unpaired) electrons. The van der Waals surface area contributed by atoms with Gasteiger partial charge in [-0.2, -0.15) is 0 Å². The van der Waals surface area contributed by atoms with E-state index in [-0.39, 0.29) is 6.61 Å². The smallest absolute Gasteiger partial charge is 0.249 e. The Morgan fingerprint density at radius 1 is 0.522 bits per heavy atom. The third-order valence-electron chi connectivity index (χ3n) is 9.63. The molecule has 0 aromatic heterocycles. The normalized spacial score (nSPS) is 13.8. The van der Waals surface area contributed by atoms with E-state index in [0.717, 1.165) is 32.1 Å². The number of nitrogens with one attached hydrogen (secondary N) is 1. The maximum Gasteiger partial charge on any atom is 0.249 e. The van der Waals surface area contributed by atoms with Crippen LogP contribution in [0.4, 0.5) is 0 Å². The van der Waals surface area contributed by atoms with Gasteiger partial charge in [0.25, 0.3) is 0 Å². The predicted octanol–water partition coefficient (Wildman–Crippen LogP) is 11.3. The minimum absolute atomic E-state index is 0.359. The Balaban J connectivity index is 3.68. The van der Waals surface area contributed by atoms with Gasteiger partial charge in [-0.15, -0.1) is 0 Å². The zero-order valence-corrected chi connectivity index (χ0v) is 31.0. The number of unbranched alkanes of at least 4 members (excludes halogenated alkanes) is 29. The number of hydrogen-bond donors (Lipinski definition) is 4. The second-order valence-electron chi connectivity index (χ2n) is 14.2. The van der Waals surface area contributed by atoms with Crippen LogP contribution >= 0.6 is 0 Å². The summed E-state index contributed by atoms with van der Waals surface area (Å²) in [6, 6.07) is -0.791. The summed E-state index contributed by atoms with van der Waals surface area (Å²) in [5.74, 6) is -0.501. The highest BCUT2D eigenvalue weighted by molar-refractivity contribution is 5.80. The lowest BCUT2D eigenvalue weighted by Crippen LogP contribution is -2.48. The summed E-state index contributed by atoms with van der Waals surface area (Å²) in [6.45, 7) is 4.18. The lowest BCUT2D eigenvalue weighted by atomic mass is 10.0. The van der Waals surface area contributed by atoms with E-state index in [1.54, 1.807) is 6.08 Å². The maximum absolute atomic E-state index is 12.4. The lowest BCUT2D eigenvalue weighted by Gasteiger charge is -2.21. The van der Waals surface area contributed by atoms with E-state index in [9.17, 15) is 20.1 Å². The van der Waals surface area contributed by atoms with Crippen molar-refractivity contribution in [3.8, 4) is 0 Å². The monoisotopic (exact) mass is 652 g/mol. The Morgan fingerprint density at radius 2 is 0.848 bits per heavy atom. The first-order chi connectivity index (χ1) is 22.6. The Morgan fingerprint density at radius 3 is 1.20 bits per heavy atom. The van der Waals surface area contributed by atoms with E-state index in [2.05, 4.69) is 19.2 Å². The summed E-state index contributed by atoms with van der Waals surface area (Å²) < 4.78 is 0. The fourth-order valence-corrected chi connectivity index (χ4v) is 6.36. The number of rotatable bonds is 37. The van der Waals surface area contributed by atoms with Crippen molar-refractivity contribution in [2.75, 3.05) is 6.61 Å². The van der Waals surface area contributed by atoms with Crippen molar-refractivity contribution in [2.24, 2.45) is 0 Å². The fourth-order valence-electron chi connectivity index (χ4n) is 6.36. The summed E-state index contributed by atoms with van der Waals surface area (Å²) in [5.41, 5.74) is 0. The molecule has 0 aromatic carbocycles. The second-order valence-corrected chi connectivity index (χ2v) is 14.2. The van der Waals surface area contributed by atoms with Crippen molar-refractivity contribution in [3.05, 3.63) is 12.2 Å². The molecule has 46 heavy (non-hydrogen) atoms. The average Bonchev–Trinajstić information content (AvgIpc) is 3.06. The van der Waals surface area contributed by atoms with Gasteiger partial charge in [0.05, 0.1) is 18.8 Å². The highest BCUT2D eigenvalue weighted by Gasteiger charge is 2.22. The summed E-state index contributed by atoms with van der Waals surface area (Å²) >= 11 is 0. The minimum Gasteiger partial charge on any atom is -0.394 e. The number of carbonyl (C=O) groups is 1. The van der Waals surface area contributed by atoms with Crippen LogP contribution in [-0.4, -0.2) is 46.1 Å². The molecule has 4 N–H and O–H groups in total. The first-order valence-electron chi connectivity index (χ1n) is 20.5. The van der Waals surface area contributed by atoms with Crippen LogP contribution in [0.1, 0.15) is 219 Å². The predicted molar refractivity (Wildman–Crippen MR) is 199 cm³/mol. The Kier molecular flexibility index (Phi) is 36.2. The third kappa shape index (κ3) is 31.7. The van der Waals surface area contributed by atoms with Crippen LogP contribution in [0.15, 0.2) is 12.2 Å². The SMILES string of the molecule is CCCCCCCCCCCCCCCCCC/C=C/C(O)C(CO)NC(=O)C(O)CCCCCCCCCCCCCCCC. The van der Waals surface area contributed by atoms with Crippen molar-refractivity contribution in [1.29, 1.82) is 0 Å². The number of amides is 1. The Bertz CT molecular complexity index is 640. The van der Waals surface area contributed by atoms with Crippen LogP contribution in [0.25, 0.3) is 0 Å². The molecular weight excluding hydrogens is 570 g/mol. The molecule has 0 saturated carbocycles. The summed E-state index contributed by atoms with van der Waals surface area (Å²) in [5, 5.41) is 33.1. The molecule has 0 aliphatic carbocycles. The molecule has 0 spiro atoms. The molecule has 3 atom stereocenters. The van der Waals surface area contributed by atoms with Crippen molar-refractivity contribution in [1.82, 2.24) is 5.32 Å². The summed E-state index contributed by atoms with van der Waals surface area (Å²) in [6.07, 6.45) is 42.3. The molecule has 0 bridgehead atoms. The van der Waals surface area contributed by atoms with Crippen molar-refractivity contribution >= 4 is 5.91 Å². The summed E-state index contributed by atoms with van der Waals surface area (Å²) in [4.78, 5) is 12.4. The van der Waals surface area contributed by atoms with Crippen molar-refractivity contribution < 1.29 is 20.1 Å². The highest BCUT2D eigenvalue weighted by Crippen LogP contribution is 2.16. The van der Waals surface area contributed by atoms with Crippen LogP contribution < -0.4 is 5.32 Å². The number of carbonyl (C=O) groups excluding carboxylic acids is 1. The molecule has 0 fully saturated rings. The van der Waals surface area contributed by atoms with E-state index < -0.39 is 24.2 Å². The highest BCUT2D eigenvalue weighted by atomic mass is 16.3. The topological polar surface area (TPSA) is 89.8 Å². The van der Waals surface area contributed by atoms with Crippen LogP contribution in [-0.2, 0) is 4.79 Å². The molecule has 0 aliphatic rings. The number of aliphatic hydroxyl groups excluding tert-OH is 3. The molecule has 0 aliphatic heterocycles. The molecule has 1 amide bonds. The minimum atomic E-state index is -1.09. The first kappa shape index (κ1) is 45.1. The van der Waals surface area contributed by atoms with Gasteiger partial charge in [0, 0.05) is 0 Å². The first-order valence-corrected chi connectivity index (χ1v) is 20.5. The number of allylic oxidation sites excluding steroid dienone is 1. The van der Waals surface area contributed by atoms with Crippen LogP contribution in [0.2, 0.25) is 0 Å². The van der Waals surface area contributed by atoms with Crippen molar-refractivity contribution in [2.45, 2.75) is 238 Å². The number of hydrogen-bond acceptors (Lipinski definition) is 4. The zero-order valence-electron chi connectivity index (χ0n) is 31.0. The maximum atomic E-state index is 12.4. The molecule has 0 aromatic rings. The molecule has 3 unspecified atom stereocenters. The Labute approximate surface area is 287 Å². The number of aliphatic hydroxyl groups is 3. The van der Waals surface area contributed by atoms with Crippen molar-refractivity contribution in [3.63, 3.8) is 0 Å². The van der Waals surface area contributed by atoms with E-state index in [1.807, 2.05) is 6.08 Å². The van der Waals surface area contributed by atoms with E-state index in [4.69, 9.17) is 0 Å². The van der Waals surface area contributed by atoms with Gasteiger partial charge >= 0.3 is 0 Å². The van der Waals surface area contributed by atoms with E-state index in [0.29, 0.717) is 6.42 Å². The standard InChI is InChI=1S/C41H81NO4/c1-3-5-7-9-11-13-15-17-19-20-21-22-24-25-27-29-31-33-35-39(44)38(37-43)42-41(46)40(45)36-34-32-30-28-26-23-18-16-14-12-10-8-6-4-2/h33,35,38-40,43-45H,3-32,34,36-37H2,1-2H3,(H,42,46)/b35-33+. The van der Waals surface area contributed by atoms with Gasteiger partial charge in [0.2, 0.25) is 5.91 Å². The molecule has 0 rings (SSSR count). The van der Waals surface area contributed by atoms with E-state index >= 15 is 0 Å². The summed E-state index contributed by atoms with van der Waals surface area (Å²) in [7, 11) is 0. The molecule has 5 nitrogen and oxygen atoms in total. The molecule has 274 valence electrons. The quantitative estimate of drug-likeness (QED) is 0.0397. The van der Waals surface area contributed by atoms with Gasteiger partial charge in [-0.25, -0.2) is 0 Å². The largest absolute Gasteiger partial charge is 0.394 e. The third-order valence-corrected chi connectivity index (χ3v) is 9.63. The van der Waals surface area contributed by atoms with Gasteiger partial charge in [-0.1, -0.05) is 212 Å². The fraction of sp³-hybridized carbons (Fsp3) is 0.927. The molecule has 0 heterocycles. The van der Waals surface area contributed by atoms with Crippen LogP contribution in [0.5, 0.6) is 0 Å².